The molecule has 0 bridgehead atoms. The lowest BCUT2D eigenvalue weighted by Gasteiger charge is -2.09. The summed E-state index contributed by atoms with van der Waals surface area (Å²) in [6.07, 6.45) is 6.56. The Balaban J connectivity index is 1.52. The van der Waals surface area contributed by atoms with Crippen LogP contribution in [0.5, 0.6) is 0 Å². The van der Waals surface area contributed by atoms with E-state index < -0.39 is 0 Å². The fourth-order valence-corrected chi connectivity index (χ4v) is 3.77. The van der Waals surface area contributed by atoms with Gasteiger partial charge in [0.2, 0.25) is 0 Å². The molecule has 0 aliphatic carbocycles. The fourth-order valence-electron chi connectivity index (χ4n) is 3.77. The molecule has 1 N–H and O–H groups in total. The highest BCUT2D eigenvalue weighted by Crippen LogP contribution is 2.30. The van der Waals surface area contributed by atoms with E-state index >= 15 is 0 Å². The minimum absolute atomic E-state index is 0.669. The molecule has 7 nitrogen and oxygen atoms in total. The zero-order valence-corrected chi connectivity index (χ0v) is 18.3. The maximum atomic E-state index is 4.78. The largest absolute Gasteiger partial charge is 0.249 e. The van der Waals surface area contributed by atoms with Gasteiger partial charge in [0.25, 0.3) is 0 Å². The predicted octanol–water partition coefficient (Wildman–Crippen LogP) is 4.86. The Labute approximate surface area is 182 Å². The third-order valence-electron chi connectivity index (χ3n) is 5.49. The molecule has 2 aromatic carbocycles. The maximum Gasteiger partial charge on any atom is 0.180 e. The van der Waals surface area contributed by atoms with Crippen molar-refractivity contribution in [2.45, 2.75) is 58.9 Å². The molecular formula is C24H29N7. The Kier molecular flexibility index (Phi) is 6.82. The molecule has 0 unspecified atom stereocenters. The van der Waals surface area contributed by atoms with Gasteiger partial charge >= 0.3 is 0 Å². The number of nitrogens with zero attached hydrogens (tertiary/aromatic N) is 6. The molecule has 0 spiro atoms. The summed E-state index contributed by atoms with van der Waals surface area (Å²) in [6.45, 7) is 5.29. The van der Waals surface area contributed by atoms with Crippen molar-refractivity contribution < 1.29 is 0 Å². The average molecular weight is 416 g/mol. The third kappa shape index (κ3) is 5.05. The molecule has 0 saturated heterocycles. The van der Waals surface area contributed by atoms with Crippen molar-refractivity contribution in [1.29, 1.82) is 0 Å². The number of hydrogen-bond acceptors (Lipinski definition) is 5. The first-order valence-corrected chi connectivity index (χ1v) is 11.1. The minimum Gasteiger partial charge on any atom is -0.249 e. The topological polar surface area (TPSA) is 85.2 Å². The van der Waals surface area contributed by atoms with Crippen LogP contribution < -0.4 is 0 Å². The molecule has 4 rings (SSSR count). The van der Waals surface area contributed by atoms with Gasteiger partial charge in [0.15, 0.2) is 11.6 Å². The second-order valence-electron chi connectivity index (χ2n) is 7.75. The van der Waals surface area contributed by atoms with E-state index in [4.69, 9.17) is 10.1 Å². The average Bonchev–Trinajstić information content (AvgIpc) is 3.48. The Hall–Kier alpha value is -3.35. The van der Waals surface area contributed by atoms with Crippen molar-refractivity contribution >= 4 is 0 Å². The molecule has 0 saturated carbocycles. The van der Waals surface area contributed by atoms with Crippen molar-refractivity contribution in [3.8, 4) is 22.5 Å². The highest BCUT2D eigenvalue weighted by atomic mass is 15.5. The Morgan fingerprint density at radius 1 is 0.903 bits per heavy atom. The molecule has 0 aliphatic heterocycles. The molecule has 31 heavy (non-hydrogen) atoms. The minimum atomic E-state index is 0.669. The normalized spacial score (nSPS) is 11.2. The summed E-state index contributed by atoms with van der Waals surface area (Å²) < 4.78 is 2.11. The van der Waals surface area contributed by atoms with Gasteiger partial charge in [-0.2, -0.15) is 5.10 Å². The van der Waals surface area contributed by atoms with Gasteiger partial charge in [-0.15, -0.1) is 5.10 Å². The van der Waals surface area contributed by atoms with Gasteiger partial charge in [0.05, 0.1) is 0 Å². The molecule has 0 aliphatic rings. The van der Waals surface area contributed by atoms with Crippen LogP contribution in [0.2, 0.25) is 0 Å². The lowest BCUT2D eigenvalue weighted by molar-refractivity contribution is 0.522. The first-order valence-electron chi connectivity index (χ1n) is 11.1. The lowest BCUT2D eigenvalue weighted by Crippen LogP contribution is -2.07. The number of hydrogen-bond donors (Lipinski definition) is 1. The van der Waals surface area contributed by atoms with E-state index in [1.54, 1.807) is 0 Å². The molecular weight excluding hydrogens is 386 g/mol. The number of tetrazole rings is 1. The fraction of sp³-hybridized carbons (Fsp3) is 0.375. The molecule has 4 aromatic rings. The van der Waals surface area contributed by atoms with Gasteiger partial charge in [0.1, 0.15) is 5.82 Å². The van der Waals surface area contributed by atoms with E-state index in [-0.39, 0.29) is 0 Å². The maximum absolute atomic E-state index is 4.78. The molecule has 0 amide bonds. The first kappa shape index (κ1) is 20.9. The van der Waals surface area contributed by atoms with E-state index in [9.17, 15) is 0 Å². The number of aryl methyl sites for hydroxylation is 2. The number of rotatable bonds is 10. The van der Waals surface area contributed by atoms with Crippen molar-refractivity contribution in [3.63, 3.8) is 0 Å². The quantitative estimate of drug-likeness (QED) is 0.374. The van der Waals surface area contributed by atoms with E-state index in [0.29, 0.717) is 5.82 Å². The molecule has 160 valence electrons. The van der Waals surface area contributed by atoms with Crippen LogP contribution in [0.25, 0.3) is 22.5 Å². The number of H-pyrrole nitrogens is 1. The second kappa shape index (κ2) is 10.1. The SMILES string of the molecule is CCCCCCn1nc(CC)nc1Cc1ccc(-c2ccccc2-c2nnn[nH]2)cc1. The van der Waals surface area contributed by atoms with Crippen molar-refractivity contribution in [2.24, 2.45) is 0 Å². The van der Waals surface area contributed by atoms with Gasteiger partial charge in [-0.1, -0.05) is 81.6 Å². The van der Waals surface area contributed by atoms with Gasteiger partial charge in [-0.05, 0) is 33.5 Å². The van der Waals surface area contributed by atoms with Crippen LogP contribution in [0.4, 0.5) is 0 Å². The third-order valence-corrected chi connectivity index (χ3v) is 5.49. The van der Waals surface area contributed by atoms with Crippen molar-refractivity contribution in [2.75, 3.05) is 0 Å². The summed E-state index contributed by atoms with van der Waals surface area (Å²) in [6, 6.07) is 16.8. The Morgan fingerprint density at radius 2 is 1.71 bits per heavy atom. The highest BCUT2D eigenvalue weighted by Gasteiger charge is 2.12. The van der Waals surface area contributed by atoms with Crippen molar-refractivity contribution in [1.82, 2.24) is 35.4 Å². The molecule has 2 aromatic heterocycles. The van der Waals surface area contributed by atoms with E-state index in [2.05, 4.69) is 69.5 Å². The molecule has 2 heterocycles. The van der Waals surface area contributed by atoms with Crippen LogP contribution >= 0.6 is 0 Å². The van der Waals surface area contributed by atoms with Gasteiger partial charge in [-0.3, -0.25) is 0 Å². The summed E-state index contributed by atoms with van der Waals surface area (Å²) in [4.78, 5) is 4.78. The van der Waals surface area contributed by atoms with E-state index in [1.807, 2.05) is 18.2 Å². The summed E-state index contributed by atoms with van der Waals surface area (Å²) >= 11 is 0. The van der Waals surface area contributed by atoms with Crippen LogP contribution in [-0.2, 0) is 19.4 Å². The summed E-state index contributed by atoms with van der Waals surface area (Å²) in [7, 11) is 0. The van der Waals surface area contributed by atoms with Crippen LogP contribution in [-0.4, -0.2) is 35.4 Å². The Bertz CT molecular complexity index is 1080. The van der Waals surface area contributed by atoms with Crippen LogP contribution in [0.3, 0.4) is 0 Å². The smallest absolute Gasteiger partial charge is 0.180 e. The second-order valence-corrected chi connectivity index (χ2v) is 7.75. The predicted molar refractivity (Wildman–Crippen MR) is 121 cm³/mol. The van der Waals surface area contributed by atoms with E-state index in [0.717, 1.165) is 54.1 Å². The molecule has 0 atom stereocenters. The van der Waals surface area contributed by atoms with Gasteiger partial charge in [-0.25, -0.2) is 14.8 Å². The van der Waals surface area contributed by atoms with E-state index in [1.165, 1.54) is 24.8 Å². The standard InChI is InChI=1S/C24H29N7/c1-3-5-6-9-16-31-23(25-22(4-2)28-31)17-18-12-14-19(15-13-18)20-10-7-8-11-21(20)24-26-29-30-27-24/h7-8,10-15H,3-6,9,16-17H2,1-2H3,(H,26,27,29,30). The number of unbranched alkanes of at least 4 members (excludes halogenated alkanes) is 3. The summed E-state index contributed by atoms with van der Waals surface area (Å²) in [5.41, 5.74) is 4.44. The van der Waals surface area contributed by atoms with Crippen molar-refractivity contribution in [3.05, 3.63) is 65.7 Å². The summed E-state index contributed by atoms with van der Waals surface area (Å²) in [5.74, 6) is 2.65. The lowest BCUT2D eigenvalue weighted by atomic mass is 9.98. The van der Waals surface area contributed by atoms with Gasteiger partial charge in [0, 0.05) is 24.9 Å². The first-order chi connectivity index (χ1) is 15.3. The number of nitrogens with one attached hydrogen (secondary N) is 1. The summed E-state index contributed by atoms with van der Waals surface area (Å²) in [5, 5.41) is 19.0. The van der Waals surface area contributed by atoms with Crippen LogP contribution in [0, 0.1) is 0 Å². The Morgan fingerprint density at radius 3 is 2.42 bits per heavy atom. The van der Waals surface area contributed by atoms with Crippen LogP contribution in [0.15, 0.2) is 48.5 Å². The van der Waals surface area contributed by atoms with Crippen LogP contribution in [0.1, 0.15) is 56.7 Å². The highest BCUT2D eigenvalue weighted by molar-refractivity contribution is 5.80. The monoisotopic (exact) mass is 415 g/mol. The zero-order chi connectivity index (χ0) is 21.5. The number of benzene rings is 2. The number of aromatic amines is 1. The molecule has 0 radical (unpaired) electrons. The molecule has 7 heteroatoms. The molecule has 0 fully saturated rings. The zero-order valence-electron chi connectivity index (χ0n) is 18.3. The van der Waals surface area contributed by atoms with Gasteiger partial charge < -0.3 is 0 Å². The number of aromatic nitrogens is 7.